The Morgan fingerprint density at radius 1 is 1.24 bits per heavy atom. The van der Waals surface area contributed by atoms with Gasteiger partial charge in [0.2, 0.25) is 0 Å². The van der Waals surface area contributed by atoms with E-state index in [9.17, 15) is 18.9 Å². The number of hydrogen-bond acceptors (Lipinski definition) is 4. The highest BCUT2D eigenvalue weighted by atomic mass is 19.1. The van der Waals surface area contributed by atoms with Gasteiger partial charge in [-0.1, -0.05) is 12.1 Å². The van der Waals surface area contributed by atoms with Gasteiger partial charge in [-0.3, -0.25) is 10.1 Å². The topological polar surface area (TPSA) is 79.0 Å². The molecule has 0 saturated heterocycles. The molecule has 5 nitrogen and oxygen atoms in total. The number of rotatable bonds is 4. The quantitative estimate of drug-likeness (QED) is 0.691. The first-order valence-corrected chi connectivity index (χ1v) is 5.87. The van der Waals surface area contributed by atoms with Crippen LogP contribution >= 0.6 is 0 Å². The van der Waals surface area contributed by atoms with Crippen LogP contribution < -0.4 is 5.32 Å². The maximum atomic E-state index is 13.7. The van der Waals surface area contributed by atoms with Crippen molar-refractivity contribution in [3.8, 4) is 6.07 Å². The molecule has 2 rings (SSSR count). The standard InChI is InChI=1S/C14H9F2N3O2/c15-12-5-11(19(20)21)6-13(16)14(12)18-8-10-3-1-2-9(4-10)7-17/h1-6,18H,8H2. The van der Waals surface area contributed by atoms with Crippen molar-refractivity contribution in [2.75, 3.05) is 5.32 Å². The number of nitro benzene ring substituents is 1. The lowest BCUT2D eigenvalue weighted by Crippen LogP contribution is -2.05. The van der Waals surface area contributed by atoms with Gasteiger partial charge in [0.05, 0.1) is 28.7 Å². The van der Waals surface area contributed by atoms with Gasteiger partial charge in [0, 0.05) is 6.54 Å². The third-order valence-corrected chi connectivity index (χ3v) is 2.76. The predicted molar refractivity (Wildman–Crippen MR) is 71.5 cm³/mol. The van der Waals surface area contributed by atoms with Crippen LogP contribution in [-0.2, 0) is 6.54 Å². The van der Waals surface area contributed by atoms with E-state index in [2.05, 4.69) is 5.32 Å². The summed E-state index contributed by atoms with van der Waals surface area (Å²) >= 11 is 0. The average molecular weight is 289 g/mol. The summed E-state index contributed by atoms with van der Waals surface area (Å²) in [4.78, 5) is 9.62. The first-order chi connectivity index (χ1) is 10.0. The Balaban J connectivity index is 2.20. The van der Waals surface area contributed by atoms with E-state index in [4.69, 9.17) is 5.26 Å². The molecule has 0 bridgehead atoms. The zero-order chi connectivity index (χ0) is 15.4. The first kappa shape index (κ1) is 14.4. The number of halogens is 2. The molecule has 0 aromatic heterocycles. The number of non-ortho nitro benzene ring substituents is 1. The number of hydrogen-bond donors (Lipinski definition) is 1. The van der Waals surface area contributed by atoms with E-state index < -0.39 is 27.9 Å². The number of nitrogens with one attached hydrogen (secondary N) is 1. The minimum absolute atomic E-state index is 0.0845. The fourth-order valence-corrected chi connectivity index (χ4v) is 1.78. The highest BCUT2D eigenvalue weighted by molar-refractivity contribution is 5.52. The molecule has 0 radical (unpaired) electrons. The number of benzene rings is 2. The lowest BCUT2D eigenvalue weighted by Gasteiger charge is -2.09. The summed E-state index contributed by atoms with van der Waals surface area (Å²) in [6, 6.07) is 9.78. The Morgan fingerprint density at radius 2 is 1.90 bits per heavy atom. The molecule has 106 valence electrons. The summed E-state index contributed by atoms with van der Waals surface area (Å²) in [5, 5.41) is 21.8. The van der Waals surface area contributed by atoms with Crippen molar-refractivity contribution < 1.29 is 13.7 Å². The van der Waals surface area contributed by atoms with E-state index in [1.807, 2.05) is 6.07 Å². The van der Waals surface area contributed by atoms with Crippen molar-refractivity contribution in [1.29, 1.82) is 5.26 Å². The maximum absolute atomic E-state index is 13.7. The molecule has 0 saturated carbocycles. The van der Waals surface area contributed by atoms with Gasteiger partial charge in [0.1, 0.15) is 5.69 Å². The molecule has 0 heterocycles. The van der Waals surface area contributed by atoms with Crippen LogP contribution in [0.25, 0.3) is 0 Å². The minimum atomic E-state index is -1.04. The Hall–Kier alpha value is -3.01. The molecule has 0 spiro atoms. The van der Waals surface area contributed by atoms with Crippen molar-refractivity contribution in [3.05, 3.63) is 69.3 Å². The lowest BCUT2D eigenvalue weighted by molar-refractivity contribution is -0.385. The zero-order valence-corrected chi connectivity index (χ0v) is 10.6. The number of anilines is 1. The highest BCUT2D eigenvalue weighted by Gasteiger charge is 2.16. The van der Waals surface area contributed by atoms with Crippen molar-refractivity contribution >= 4 is 11.4 Å². The van der Waals surface area contributed by atoms with Crippen LogP contribution in [0.15, 0.2) is 36.4 Å². The molecule has 0 aliphatic rings. The highest BCUT2D eigenvalue weighted by Crippen LogP contribution is 2.25. The number of nitro groups is 1. The normalized spacial score (nSPS) is 9.95. The van der Waals surface area contributed by atoms with Gasteiger partial charge in [-0.2, -0.15) is 5.26 Å². The van der Waals surface area contributed by atoms with Gasteiger partial charge in [-0.05, 0) is 17.7 Å². The van der Waals surface area contributed by atoms with E-state index in [-0.39, 0.29) is 6.54 Å². The van der Waals surface area contributed by atoms with Crippen molar-refractivity contribution in [2.45, 2.75) is 6.54 Å². The van der Waals surface area contributed by atoms with Gasteiger partial charge in [-0.25, -0.2) is 8.78 Å². The van der Waals surface area contributed by atoms with Crippen molar-refractivity contribution in [2.24, 2.45) is 0 Å². The first-order valence-electron chi connectivity index (χ1n) is 5.87. The zero-order valence-electron chi connectivity index (χ0n) is 10.6. The van der Waals surface area contributed by atoms with E-state index >= 15 is 0 Å². The largest absolute Gasteiger partial charge is 0.376 e. The Morgan fingerprint density at radius 3 is 2.48 bits per heavy atom. The van der Waals surface area contributed by atoms with Gasteiger partial charge in [-0.15, -0.1) is 0 Å². The smallest absolute Gasteiger partial charge is 0.275 e. The third-order valence-electron chi connectivity index (χ3n) is 2.76. The van der Waals surface area contributed by atoms with Gasteiger partial charge >= 0.3 is 0 Å². The van der Waals surface area contributed by atoms with Crippen molar-refractivity contribution in [1.82, 2.24) is 0 Å². The number of nitriles is 1. The Labute approximate surface area is 118 Å². The monoisotopic (exact) mass is 289 g/mol. The van der Waals surface area contributed by atoms with E-state index in [1.165, 1.54) is 0 Å². The van der Waals surface area contributed by atoms with E-state index in [0.29, 0.717) is 23.3 Å². The second kappa shape index (κ2) is 5.96. The molecule has 0 unspecified atom stereocenters. The molecule has 2 aromatic rings. The molecule has 1 N–H and O–H groups in total. The van der Waals surface area contributed by atoms with Crippen LogP contribution in [0.3, 0.4) is 0 Å². The molecule has 0 fully saturated rings. The fraction of sp³-hybridized carbons (Fsp3) is 0.0714. The summed E-state index contributed by atoms with van der Waals surface area (Å²) < 4.78 is 27.3. The van der Waals surface area contributed by atoms with Crippen LogP contribution in [0.1, 0.15) is 11.1 Å². The average Bonchev–Trinajstić information content (AvgIpc) is 2.46. The second-order valence-corrected chi connectivity index (χ2v) is 4.21. The molecule has 0 aliphatic heterocycles. The third kappa shape index (κ3) is 3.30. The Bertz CT molecular complexity index is 718. The van der Waals surface area contributed by atoms with Crippen LogP contribution in [0.4, 0.5) is 20.2 Å². The molecule has 0 aliphatic carbocycles. The minimum Gasteiger partial charge on any atom is -0.376 e. The van der Waals surface area contributed by atoms with Crippen LogP contribution in [0.2, 0.25) is 0 Å². The summed E-state index contributed by atoms with van der Waals surface area (Å²) in [6.07, 6.45) is 0. The van der Waals surface area contributed by atoms with Gasteiger partial charge in [0.15, 0.2) is 11.6 Å². The van der Waals surface area contributed by atoms with Crippen LogP contribution in [-0.4, -0.2) is 4.92 Å². The molecular weight excluding hydrogens is 280 g/mol. The second-order valence-electron chi connectivity index (χ2n) is 4.21. The summed E-state index contributed by atoms with van der Waals surface area (Å²) in [5.41, 5.74) is -0.00450. The van der Waals surface area contributed by atoms with Crippen molar-refractivity contribution in [3.63, 3.8) is 0 Å². The number of nitrogens with zero attached hydrogens (tertiary/aromatic N) is 2. The maximum Gasteiger partial charge on any atom is 0.275 e. The Kier molecular flexibility index (Phi) is 4.09. The van der Waals surface area contributed by atoms with Crippen LogP contribution in [0, 0.1) is 33.1 Å². The molecule has 0 amide bonds. The molecule has 21 heavy (non-hydrogen) atoms. The summed E-state index contributed by atoms with van der Waals surface area (Å²) in [5.74, 6) is -2.09. The molecular formula is C14H9F2N3O2. The SMILES string of the molecule is N#Cc1cccc(CNc2c(F)cc([N+](=O)[O-])cc2F)c1. The predicted octanol–water partition coefficient (Wildman–Crippen LogP) is 3.36. The summed E-state index contributed by atoms with van der Waals surface area (Å²) in [7, 11) is 0. The molecule has 7 heteroatoms. The fourth-order valence-electron chi connectivity index (χ4n) is 1.78. The van der Waals surface area contributed by atoms with Gasteiger partial charge in [0.25, 0.3) is 5.69 Å². The van der Waals surface area contributed by atoms with Crippen LogP contribution in [0.5, 0.6) is 0 Å². The molecule has 0 atom stereocenters. The van der Waals surface area contributed by atoms with E-state index in [0.717, 1.165) is 0 Å². The van der Waals surface area contributed by atoms with E-state index in [1.54, 1.807) is 24.3 Å². The van der Waals surface area contributed by atoms with Gasteiger partial charge < -0.3 is 5.32 Å². The lowest BCUT2D eigenvalue weighted by atomic mass is 10.1. The molecule has 2 aromatic carbocycles. The summed E-state index contributed by atoms with van der Waals surface area (Å²) in [6.45, 7) is 0.0845.